The topological polar surface area (TPSA) is 55.6 Å². The molecule has 1 rings (SSSR count). The molecule has 1 aliphatic rings. The Balaban J connectivity index is 2.51. The first kappa shape index (κ1) is 12.5. The summed E-state index contributed by atoms with van der Waals surface area (Å²) in [6.07, 6.45) is 5.17. The number of rotatable bonds is 5. The predicted octanol–water partition coefficient (Wildman–Crippen LogP) is 1.10. The number of methoxy groups -OCH3 is 1. The molecule has 1 atom stereocenters. The molecule has 0 aromatic rings. The molecule has 0 spiro atoms. The van der Waals surface area contributed by atoms with Crippen LogP contribution in [0, 0.1) is 0 Å². The fraction of sp³-hybridized carbons (Fsp3) is 0.909. The highest BCUT2D eigenvalue weighted by Crippen LogP contribution is 2.25. The molecule has 0 aliphatic carbocycles. The number of nitrogens with zero attached hydrogens (tertiary/aromatic N) is 1. The van der Waals surface area contributed by atoms with Gasteiger partial charge >= 0.3 is 5.97 Å². The number of hydrogen-bond acceptors (Lipinski definition) is 4. The SMILES string of the molecule is CCCCCN1CCC[C@@]1(N)C(=O)OC. The number of carbonyl (C=O) groups excluding carboxylic acids is 1. The van der Waals surface area contributed by atoms with E-state index < -0.39 is 5.66 Å². The van der Waals surface area contributed by atoms with Crippen molar-refractivity contribution in [1.82, 2.24) is 4.90 Å². The van der Waals surface area contributed by atoms with E-state index in [4.69, 9.17) is 10.5 Å². The number of likely N-dealkylation sites (tertiary alicyclic amines) is 1. The van der Waals surface area contributed by atoms with Crippen molar-refractivity contribution < 1.29 is 9.53 Å². The van der Waals surface area contributed by atoms with Crippen LogP contribution in [0.2, 0.25) is 0 Å². The average molecular weight is 214 g/mol. The zero-order chi connectivity index (χ0) is 11.3. The predicted molar refractivity (Wildman–Crippen MR) is 59.3 cm³/mol. The number of carbonyl (C=O) groups is 1. The van der Waals surface area contributed by atoms with Gasteiger partial charge in [0, 0.05) is 13.1 Å². The maximum absolute atomic E-state index is 11.6. The van der Waals surface area contributed by atoms with Crippen LogP contribution in [0.3, 0.4) is 0 Å². The van der Waals surface area contributed by atoms with Crippen molar-refractivity contribution >= 4 is 5.97 Å². The molecule has 1 heterocycles. The minimum absolute atomic E-state index is 0.295. The third-order valence-corrected chi connectivity index (χ3v) is 3.12. The quantitative estimate of drug-likeness (QED) is 0.550. The first-order valence-corrected chi connectivity index (χ1v) is 5.77. The van der Waals surface area contributed by atoms with Crippen LogP contribution >= 0.6 is 0 Å². The molecule has 0 saturated carbocycles. The van der Waals surface area contributed by atoms with Crippen LogP contribution in [0.5, 0.6) is 0 Å². The number of hydrogen-bond donors (Lipinski definition) is 1. The molecule has 15 heavy (non-hydrogen) atoms. The summed E-state index contributed by atoms with van der Waals surface area (Å²) in [5.41, 5.74) is 5.23. The van der Waals surface area contributed by atoms with Gasteiger partial charge in [-0.1, -0.05) is 19.8 Å². The molecule has 0 unspecified atom stereocenters. The molecule has 4 nitrogen and oxygen atoms in total. The molecule has 0 aromatic heterocycles. The smallest absolute Gasteiger partial charge is 0.341 e. The Labute approximate surface area is 91.8 Å². The van der Waals surface area contributed by atoms with Crippen LogP contribution in [0.25, 0.3) is 0 Å². The lowest BCUT2D eigenvalue weighted by Gasteiger charge is -2.31. The number of nitrogens with two attached hydrogens (primary N) is 1. The van der Waals surface area contributed by atoms with Gasteiger partial charge in [0.25, 0.3) is 0 Å². The minimum Gasteiger partial charge on any atom is -0.467 e. The molecule has 1 aliphatic heterocycles. The second-order valence-electron chi connectivity index (χ2n) is 4.21. The van der Waals surface area contributed by atoms with Gasteiger partial charge in [0.15, 0.2) is 5.66 Å². The Kier molecular flexibility index (Phi) is 4.54. The second kappa shape index (κ2) is 5.47. The highest BCUT2D eigenvalue weighted by molar-refractivity contribution is 5.80. The molecule has 1 saturated heterocycles. The van der Waals surface area contributed by atoms with Crippen molar-refractivity contribution in [3.63, 3.8) is 0 Å². The summed E-state index contributed by atoms with van der Waals surface area (Å²) in [6, 6.07) is 0. The summed E-state index contributed by atoms with van der Waals surface area (Å²) in [5.74, 6) is -0.295. The lowest BCUT2D eigenvalue weighted by atomic mass is 10.1. The average Bonchev–Trinajstić information content (AvgIpc) is 2.61. The lowest BCUT2D eigenvalue weighted by Crippen LogP contribution is -2.58. The van der Waals surface area contributed by atoms with E-state index in [0.717, 1.165) is 25.9 Å². The van der Waals surface area contributed by atoms with Crippen LogP contribution in [-0.2, 0) is 9.53 Å². The first-order valence-electron chi connectivity index (χ1n) is 5.77. The van der Waals surface area contributed by atoms with Crippen molar-refractivity contribution in [1.29, 1.82) is 0 Å². The van der Waals surface area contributed by atoms with Crippen LogP contribution in [0.4, 0.5) is 0 Å². The van der Waals surface area contributed by atoms with Crippen molar-refractivity contribution in [2.24, 2.45) is 5.73 Å². The molecular weight excluding hydrogens is 192 g/mol. The Morgan fingerprint density at radius 2 is 2.27 bits per heavy atom. The summed E-state index contributed by atoms with van der Waals surface area (Å²) >= 11 is 0. The Bertz CT molecular complexity index is 221. The van der Waals surface area contributed by atoms with E-state index >= 15 is 0 Å². The molecule has 0 radical (unpaired) electrons. The van der Waals surface area contributed by atoms with Gasteiger partial charge in [-0.15, -0.1) is 0 Å². The molecule has 0 aromatic carbocycles. The largest absolute Gasteiger partial charge is 0.467 e. The number of esters is 1. The normalized spacial score (nSPS) is 26.9. The van der Waals surface area contributed by atoms with E-state index in [-0.39, 0.29) is 5.97 Å². The van der Waals surface area contributed by atoms with Gasteiger partial charge < -0.3 is 10.5 Å². The summed E-state index contributed by atoms with van der Waals surface area (Å²) < 4.78 is 4.77. The van der Waals surface area contributed by atoms with Gasteiger partial charge in [0.1, 0.15) is 0 Å². The van der Waals surface area contributed by atoms with Gasteiger partial charge in [-0.25, -0.2) is 4.79 Å². The van der Waals surface area contributed by atoms with E-state index in [1.807, 2.05) is 0 Å². The van der Waals surface area contributed by atoms with Crippen LogP contribution in [0.15, 0.2) is 0 Å². The molecule has 4 heteroatoms. The Morgan fingerprint density at radius 3 is 2.87 bits per heavy atom. The summed E-state index contributed by atoms with van der Waals surface area (Å²) in [7, 11) is 1.40. The van der Waals surface area contributed by atoms with Gasteiger partial charge in [-0.3, -0.25) is 4.90 Å². The third-order valence-electron chi connectivity index (χ3n) is 3.12. The van der Waals surface area contributed by atoms with Crippen LogP contribution < -0.4 is 5.73 Å². The summed E-state index contributed by atoms with van der Waals surface area (Å²) in [4.78, 5) is 13.7. The highest BCUT2D eigenvalue weighted by atomic mass is 16.5. The molecule has 1 fully saturated rings. The van der Waals surface area contributed by atoms with Crippen LogP contribution in [-0.4, -0.2) is 36.7 Å². The van der Waals surface area contributed by atoms with Crippen molar-refractivity contribution in [2.45, 2.75) is 44.7 Å². The van der Waals surface area contributed by atoms with E-state index in [1.54, 1.807) is 0 Å². The molecule has 0 amide bonds. The Morgan fingerprint density at radius 1 is 1.53 bits per heavy atom. The first-order chi connectivity index (χ1) is 7.15. The van der Waals surface area contributed by atoms with E-state index in [1.165, 1.54) is 20.0 Å². The van der Waals surface area contributed by atoms with Gasteiger partial charge in [0.05, 0.1) is 7.11 Å². The minimum atomic E-state index is -0.859. The maximum atomic E-state index is 11.6. The van der Waals surface area contributed by atoms with Gasteiger partial charge in [0.2, 0.25) is 0 Å². The second-order valence-corrected chi connectivity index (χ2v) is 4.21. The Hall–Kier alpha value is -0.610. The number of unbranched alkanes of at least 4 members (excludes halogenated alkanes) is 2. The van der Waals surface area contributed by atoms with Gasteiger partial charge in [-0.2, -0.15) is 0 Å². The molecule has 2 N–H and O–H groups in total. The van der Waals surface area contributed by atoms with Crippen molar-refractivity contribution in [2.75, 3.05) is 20.2 Å². The fourth-order valence-corrected chi connectivity index (χ4v) is 2.17. The molecule has 0 bridgehead atoms. The third kappa shape index (κ3) is 2.69. The fourth-order valence-electron chi connectivity index (χ4n) is 2.17. The van der Waals surface area contributed by atoms with Crippen molar-refractivity contribution in [3.05, 3.63) is 0 Å². The maximum Gasteiger partial charge on any atom is 0.341 e. The zero-order valence-corrected chi connectivity index (χ0v) is 9.79. The van der Waals surface area contributed by atoms with E-state index in [2.05, 4.69) is 11.8 Å². The lowest BCUT2D eigenvalue weighted by molar-refractivity contribution is -0.153. The summed E-state index contributed by atoms with van der Waals surface area (Å²) in [5, 5.41) is 0. The standard InChI is InChI=1S/C11H22N2O2/c1-3-4-5-8-13-9-6-7-11(13,12)10(14)15-2/h3-9,12H2,1-2H3/t11-/m0/s1. The number of ether oxygens (including phenoxy) is 1. The van der Waals surface area contributed by atoms with Crippen molar-refractivity contribution in [3.8, 4) is 0 Å². The zero-order valence-electron chi connectivity index (χ0n) is 9.79. The molecular formula is C11H22N2O2. The highest BCUT2D eigenvalue weighted by Gasteiger charge is 2.44. The summed E-state index contributed by atoms with van der Waals surface area (Å²) in [6.45, 7) is 3.98. The van der Waals surface area contributed by atoms with Crippen LogP contribution in [0.1, 0.15) is 39.0 Å². The van der Waals surface area contributed by atoms with Gasteiger partial charge in [-0.05, 0) is 19.3 Å². The van der Waals surface area contributed by atoms with E-state index in [0.29, 0.717) is 6.42 Å². The molecule has 88 valence electrons. The van der Waals surface area contributed by atoms with E-state index in [9.17, 15) is 4.79 Å². The monoisotopic (exact) mass is 214 g/mol.